The van der Waals surface area contributed by atoms with Crippen LogP contribution in [0, 0.1) is 0 Å². The summed E-state index contributed by atoms with van der Waals surface area (Å²) in [4.78, 5) is 11.7. The molecule has 0 heterocycles. The second-order valence-corrected chi connectivity index (χ2v) is 5.26. The number of nitrogens with one attached hydrogen (secondary N) is 1. The van der Waals surface area contributed by atoms with Crippen molar-refractivity contribution in [2.45, 2.75) is 6.54 Å². The molecule has 0 unspecified atom stereocenters. The van der Waals surface area contributed by atoms with Gasteiger partial charge in [-0.25, -0.2) is 0 Å². The summed E-state index contributed by atoms with van der Waals surface area (Å²) in [6.45, 7) is 0.507. The minimum absolute atomic E-state index is 0.129. The minimum Gasteiger partial charge on any atom is -0.399 e. The Morgan fingerprint density at radius 1 is 1.20 bits per heavy atom. The maximum atomic E-state index is 11.7. The third-order valence-electron chi connectivity index (χ3n) is 2.72. The molecule has 0 radical (unpaired) electrons. The Balaban J connectivity index is 1.88. The van der Waals surface area contributed by atoms with Gasteiger partial charge in [-0.05, 0) is 41.5 Å². The molecule has 0 aliphatic carbocycles. The summed E-state index contributed by atoms with van der Waals surface area (Å²) >= 11 is 3.37. The van der Waals surface area contributed by atoms with Gasteiger partial charge in [0.2, 0.25) is 5.91 Å². The van der Waals surface area contributed by atoms with Gasteiger partial charge in [0.05, 0.1) is 0 Å². The number of nitrogen functional groups attached to an aromatic ring is 1. The van der Waals surface area contributed by atoms with E-state index in [1.807, 2.05) is 48.5 Å². The van der Waals surface area contributed by atoms with Crippen LogP contribution in [0.3, 0.4) is 0 Å². The predicted molar refractivity (Wildman–Crippen MR) is 85.9 cm³/mol. The Hall–Kier alpha value is -2.07. The Bertz CT molecular complexity index is 621. The lowest BCUT2D eigenvalue weighted by Gasteiger charge is -2.02. The van der Waals surface area contributed by atoms with Crippen molar-refractivity contribution in [2.75, 3.05) is 5.73 Å². The fourth-order valence-corrected chi connectivity index (χ4v) is 1.95. The number of carbonyl (C=O) groups is 1. The van der Waals surface area contributed by atoms with E-state index in [1.54, 1.807) is 6.08 Å². The third kappa shape index (κ3) is 4.55. The molecule has 0 bridgehead atoms. The fourth-order valence-electron chi connectivity index (χ4n) is 1.68. The molecule has 0 aromatic heterocycles. The van der Waals surface area contributed by atoms with Crippen LogP contribution in [0.4, 0.5) is 5.69 Å². The quantitative estimate of drug-likeness (QED) is 0.667. The van der Waals surface area contributed by atoms with Gasteiger partial charge in [0.1, 0.15) is 0 Å². The normalized spacial score (nSPS) is 10.7. The number of benzene rings is 2. The summed E-state index contributed by atoms with van der Waals surface area (Å²) in [7, 11) is 0. The summed E-state index contributed by atoms with van der Waals surface area (Å²) in [5.41, 5.74) is 8.32. The first-order valence-corrected chi connectivity index (χ1v) is 6.99. The number of hydrogen-bond acceptors (Lipinski definition) is 2. The van der Waals surface area contributed by atoms with Crippen LogP contribution in [-0.4, -0.2) is 5.91 Å². The molecule has 3 nitrogen and oxygen atoms in total. The van der Waals surface area contributed by atoms with Crippen LogP contribution in [0.2, 0.25) is 0 Å². The number of amides is 1. The molecular weight excluding hydrogens is 316 g/mol. The monoisotopic (exact) mass is 330 g/mol. The lowest BCUT2D eigenvalue weighted by molar-refractivity contribution is -0.116. The second kappa shape index (κ2) is 6.91. The van der Waals surface area contributed by atoms with E-state index in [4.69, 9.17) is 5.73 Å². The zero-order chi connectivity index (χ0) is 14.4. The van der Waals surface area contributed by atoms with E-state index >= 15 is 0 Å². The highest BCUT2D eigenvalue weighted by molar-refractivity contribution is 9.10. The van der Waals surface area contributed by atoms with Crippen LogP contribution in [0.25, 0.3) is 6.08 Å². The molecule has 3 N–H and O–H groups in total. The number of anilines is 1. The third-order valence-corrected chi connectivity index (χ3v) is 3.25. The Kier molecular flexibility index (Phi) is 4.96. The maximum absolute atomic E-state index is 11.7. The number of carbonyl (C=O) groups excluding carboxylic acids is 1. The first kappa shape index (κ1) is 14.3. The lowest BCUT2D eigenvalue weighted by atomic mass is 10.2. The van der Waals surface area contributed by atoms with Crippen molar-refractivity contribution < 1.29 is 4.79 Å². The molecule has 0 fully saturated rings. The van der Waals surface area contributed by atoms with E-state index in [2.05, 4.69) is 21.2 Å². The Morgan fingerprint density at radius 3 is 2.65 bits per heavy atom. The van der Waals surface area contributed by atoms with E-state index < -0.39 is 0 Å². The highest BCUT2D eigenvalue weighted by Crippen LogP contribution is 2.10. The standard InChI is InChI=1S/C16H15BrN2O/c17-14-7-4-13(5-8-14)11-19-16(20)9-6-12-2-1-3-15(18)10-12/h1-10H,11,18H2,(H,19,20)/b9-6+. The number of halogens is 1. The number of nitrogens with two attached hydrogens (primary N) is 1. The van der Waals surface area contributed by atoms with E-state index in [-0.39, 0.29) is 5.91 Å². The van der Waals surface area contributed by atoms with Gasteiger partial charge < -0.3 is 11.1 Å². The van der Waals surface area contributed by atoms with Crippen molar-refractivity contribution in [1.29, 1.82) is 0 Å². The van der Waals surface area contributed by atoms with Crippen molar-refractivity contribution in [2.24, 2.45) is 0 Å². The van der Waals surface area contributed by atoms with Crippen LogP contribution >= 0.6 is 15.9 Å². The molecule has 0 atom stereocenters. The maximum Gasteiger partial charge on any atom is 0.244 e. The molecule has 0 aliphatic heterocycles. The molecule has 2 aromatic carbocycles. The van der Waals surface area contributed by atoms with E-state index in [0.717, 1.165) is 15.6 Å². The van der Waals surface area contributed by atoms with Crippen molar-refractivity contribution in [3.8, 4) is 0 Å². The van der Waals surface area contributed by atoms with Crippen LogP contribution in [0.5, 0.6) is 0 Å². The molecular formula is C16H15BrN2O. The molecule has 1 amide bonds. The van der Waals surface area contributed by atoms with Crippen LogP contribution in [0.1, 0.15) is 11.1 Å². The topological polar surface area (TPSA) is 55.1 Å². The van der Waals surface area contributed by atoms with E-state index in [9.17, 15) is 4.79 Å². The fraction of sp³-hybridized carbons (Fsp3) is 0.0625. The first-order valence-electron chi connectivity index (χ1n) is 6.19. The van der Waals surface area contributed by atoms with Gasteiger partial charge in [0.15, 0.2) is 0 Å². The zero-order valence-corrected chi connectivity index (χ0v) is 12.4. The van der Waals surface area contributed by atoms with Gasteiger partial charge in [0, 0.05) is 22.8 Å². The average molecular weight is 331 g/mol. The van der Waals surface area contributed by atoms with Crippen molar-refractivity contribution in [1.82, 2.24) is 5.32 Å². The molecule has 0 spiro atoms. The predicted octanol–water partition coefficient (Wildman–Crippen LogP) is 3.36. The molecule has 2 rings (SSSR count). The molecule has 2 aromatic rings. The highest BCUT2D eigenvalue weighted by Gasteiger charge is 1.97. The molecule has 0 aliphatic rings. The summed E-state index contributed by atoms with van der Waals surface area (Å²) in [6.07, 6.45) is 3.25. The van der Waals surface area contributed by atoms with Crippen molar-refractivity contribution in [3.63, 3.8) is 0 Å². The van der Waals surface area contributed by atoms with Gasteiger partial charge >= 0.3 is 0 Å². The molecule has 102 valence electrons. The Morgan fingerprint density at radius 2 is 1.95 bits per heavy atom. The van der Waals surface area contributed by atoms with Crippen LogP contribution in [0.15, 0.2) is 59.1 Å². The van der Waals surface area contributed by atoms with Gasteiger partial charge in [-0.1, -0.05) is 40.2 Å². The number of rotatable bonds is 4. The number of hydrogen-bond donors (Lipinski definition) is 2. The zero-order valence-electron chi connectivity index (χ0n) is 10.8. The summed E-state index contributed by atoms with van der Waals surface area (Å²) in [5.74, 6) is -0.129. The Labute approximate surface area is 126 Å². The lowest BCUT2D eigenvalue weighted by Crippen LogP contribution is -2.20. The SMILES string of the molecule is Nc1cccc(/C=C/C(=O)NCc2ccc(Br)cc2)c1. The van der Waals surface area contributed by atoms with Crippen molar-refractivity contribution in [3.05, 3.63) is 70.2 Å². The highest BCUT2D eigenvalue weighted by atomic mass is 79.9. The minimum atomic E-state index is -0.129. The van der Waals surface area contributed by atoms with Gasteiger partial charge in [-0.3, -0.25) is 4.79 Å². The summed E-state index contributed by atoms with van der Waals surface area (Å²) < 4.78 is 1.02. The molecule has 20 heavy (non-hydrogen) atoms. The van der Waals surface area contributed by atoms with Gasteiger partial charge in [-0.15, -0.1) is 0 Å². The average Bonchev–Trinajstić information content (AvgIpc) is 2.45. The van der Waals surface area contributed by atoms with Crippen LogP contribution in [-0.2, 0) is 11.3 Å². The molecule has 4 heteroatoms. The van der Waals surface area contributed by atoms with Gasteiger partial charge in [0.25, 0.3) is 0 Å². The van der Waals surface area contributed by atoms with Crippen LogP contribution < -0.4 is 11.1 Å². The molecule has 0 saturated heterocycles. The second-order valence-electron chi connectivity index (χ2n) is 4.35. The summed E-state index contributed by atoms with van der Waals surface area (Å²) in [5, 5.41) is 2.83. The van der Waals surface area contributed by atoms with Gasteiger partial charge in [-0.2, -0.15) is 0 Å². The summed E-state index contributed by atoms with van der Waals surface area (Å²) in [6, 6.07) is 15.2. The van der Waals surface area contributed by atoms with Crippen molar-refractivity contribution >= 4 is 33.6 Å². The largest absolute Gasteiger partial charge is 0.399 e. The van der Waals surface area contributed by atoms with E-state index in [0.29, 0.717) is 12.2 Å². The smallest absolute Gasteiger partial charge is 0.244 e. The first-order chi connectivity index (χ1) is 9.63. The van der Waals surface area contributed by atoms with E-state index in [1.165, 1.54) is 6.08 Å². The molecule has 0 saturated carbocycles.